The van der Waals surface area contributed by atoms with E-state index in [1.54, 1.807) is 12.1 Å². The first kappa shape index (κ1) is 34.4. The third kappa shape index (κ3) is 4.78. The number of imide groups is 2. The summed E-state index contributed by atoms with van der Waals surface area (Å²) in [5.41, 5.74) is -1.16. The molecule has 0 saturated carbocycles. The van der Waals surface area contributed by atoms with Crippen molar-refractivity contribution in [2.24, 2.45) is 0 Å². The normalized spacial score (nSPS) is 14.4. The second kappa shape index (κ2) is 11.6. The maximum atomic E-state index is 14.1. The van der Waals surface area contributed by atoms with E-state index in [0.717, 1.165) is 34.1 Å². The smallest absolute Gasteiger partial charge is 0.270 e. The van der Waals surface area contributed by atoms with Crippen molar-refractivity contribution in [1.29, 1.82) is 10.5 Å². The molecule has 2 aliphatic rings. The molecule has 56 heavy (non-hydrogen) atoms. The van der Waals surface area contributed by atoms with Gasteiger partial charge in [-0.25, -0.2) is 0 Å². The van der Waals surface area contributed by atoms with Gasteiger partial charge in [-0.05, 0) is 70.4 Å². The second-order valence-electron chi connectivity index (χ2n) is 13.5. The molecule has 0 aliphatic carbocycles. The fourth-order valence-electron chi connectivity index (χ4n) is 7.99. The minimum Gasteiger partial charge on any atom is -0.270 e. The fraction of sp³-hybridized carbons (Fsp3) is 0.0952. The van der Waals surface area contributed by atoms with Crippen molar-refractivity contribution < 1.29 is 45.5 Å². The maximum Gasteiger partial charge on any atom is 0.416 e. The molecule has 14 heteroatoms. The fourth-order valence-corrected chi connectivity index (χ4v) is 7.99. The molecule has 0 N–H and O–H groups in total. The lowest BCUT2D eigenvalue weighted by Crippen LogP contribution is -2.40. The zero-order chi connectivity index (χ0) is 39.6. The lowest BCUT2D eigenvalue weighted by molar-refractivity contribution is -0.138. The summed E-state index contributed by atoms with van der Waals surface area (Å²) in [6.07, 6.45) is -9.17. The van der Waals surface area contributed by atoms with Crippen molar-refractivity contribution in [3.8, 4) is 12.1 Å². The van der Waals surface area contributed by atoms with Gasteiger partial charge in [0.1, 0.15) is 0 Å². The summed E-state index contributed by atoms with van der Waals surface area (Å²) >= 11 is 0. The molecule has 2 aliphatic heterocycles. The van der Waals surface area contributed by atoms with Gasteiger partial charge in [-0.1, -0.05) is 36.4 Å². The van der Waals surface area contributed by atoms with Crippen molar-refractivity contribution in [2.75, 3.05) is 0 Å². The SMILES string of the molecule is N#Cc1cc2c3c(ccc4c5c(C#N)cc6c7c(ccc(c1c34)c75)C(=O)N(Cc1ccc(C(F)(F)F)cc1)C6=O)C(=O)N(Cc1ccc(C(F)(F)F)cc1)C2=O. The van der Waals surface area contributed by atoms with Crippen molar-refractivity contribution in [1.82, 2.24) is 9.80 Å². The molecule has 0 atom stereocenters. The average Bonchev–Trinajstić information content (AvgIpc) is 3.17. The van der Waals surface area contributed by atoms with Crippen LogP contribution in [0, 0.1) is 22.7 Å². The largest absolute Gasteiger partial charge is 0.416 e. The molecule has 272 valence electrons. The number of fused-ring (bicyclic) bond motifs is 2. The van der Waals surface area contributed by atoms with Crippen LogP contribution in [0.3, 0.4) is 0 Å². The molecule has 0 spiro atoms. The van der Waals surface area contributed by atoms with Crippen LogP contribution in [0.4, 0.5) is 26.3 Å². The molecular weight excluding hydrogens is 738 g/mol. The monoisotopic (exact) mass is 756 g/mol. The number of nitrogens with zero attached hydrogens (tertiary/aromatic N) is 4. The average molecular weight is 757 g/mol. The molecule has 8 nitrogen and oxygen atoms in total. The lowest BCUT2D eigenvalue weighted by Gasteiger charge is -2.31. The summed E-state index contributed by atoms with van der Waals surface area (Å²) in [4.78, 5) is 57.9. The molecule has 0 saturated heterocycles. The van der Waals surface area contributed by atoms with Crippen LogP contribution in [0.5, 0.6) is 0 Å². The Morgan fingerprint density at radius 2 is 0.786 bits per heavy atom. The molecular formula is C42H18F6N4O4. The Morgan fingerprint density at radius 1 is 0.446 bits per heavy atom. The predicted octanol–water partition coefficient (Wildman–Crippen LogP) is 9.11. The standard InChI is InChI=1S/C42H18F6N4O4/c43-41(44,45)23-5-1-19(2-6-23)17-51-37(53)27-11-9-25-32-22(16-50)14-30-34-28(38(54)52(40(30)56)18-20-3-7-24(8-4-20)42(46,47)48)12-10-26(36(32)34)31-21(15-49)13-29(39(51)55)33(27)35(25)31/h1-14H,17-18H2. The van der Waals surface area contributed by atoms with Crippen molar-refractivity contribution in [3.63, 3.8) is 0 Å². The summed E-state index contributed by atoms with van der Waals surface area (Å²) in [6, 6.07) is 21.0. The second-order valence-corrected chi connectivity index (χ2v) is 13.5. The van der Waals surface area contributed by atoms with Crippen LogP contribution in [-0.4, -0.2) is 33.4 Å². The predicted molar refractivity (Wildman–Crippen MR) is 188 cm³/mol. The van der Waals surface area contributed by atoms with E-state index in [0.29, 0.717) is 32.3 Å². The number of carbonyl (C=O) groups is 4. The van der Waals surface area contributed by atoms with Gasteiger partial charge in [0.05, 0.1) is 58.6 Å². The van der Waals surface area contributed by atoms with Crippen LogP contribution in [0.25, 0.3) is 43.1 Å². The van der Waals surface area contributed by atoms with Gasteiger partial charge in [0.25, 0.3) is 23.6 Å². The van der Waals surface area contributed by atoms with E-state index in [4.69, 9.17) is 0 Å². The number of hydrogen-bond acceptors (Lipinski definition) is 6. The Morgan fingerprint density at radius 3 is 1.11 bits per heavy atom. The van der Waals surface area contributed by atoms with E-state index in [1.165, 1.54) is 48.5 Å². The number of amides is 4. The van der Waals surface area contributed by atoms with E-state index in [9.17, 15) is 56.0 Å². The van der Waals surface area contributed by atoms with E-state index < -0.39 is 47.1 Å². The van der Waals surface area contributed by atoms with Crippen LogP contribution >= 0.6 is 0 Å². The third-order valence-corrected chi connectivity index (χ3v) is 10.5. The van der Waals surface area contributed by atoms with E-state index in [2.05, 4.69) is 12.1 Å². The highest BCUT2D eigenvalue weighted by atomic mass is 19.4. The van der Waals surface area contributed by atoms with Gasteiger partial charge in [-0.3, -0.25) is 29.0 Å². The van der Waals surface area contributed by atoms with Gasteiger partial charge in [0.15, 0.2) is 0 Å². The first-order valence-electron chi connectivity index (χ1n) is 16.8. The highest BCUT2D eigenvalue weighted by molar-refractivity contribution is 6.42. The maximum absolute atomic E-state index is 14.1. The van der Waals surface area contributed by atoms with Crippen LogP contribution < -0.4 is 0 Å². The number of rotatable bonds is 4. The number of halogens is 6. The van der Waals surface area contributed by atoms with Gasteiger partial charge in [-0.15, -0.1) is 0 Å². The quantitative estimate of drug-likeness (QED) is 0.0765. The molecule has 0 aromatic heterocycles. The van der Waals surface area contributed by atoms with Gasteiger partial charge < -0.3 is 0 Å². The summed E-state index contributed by atoms with van der Waals surface area (Å²) in [7, 11) is 0. The topological polar surface area (TPSA) is 122 Å². The molecule has 0 radical (unpaired) electrons. The zero-order valence-electron chi connectivity index (χ0n) is 28.2. The number of benzene rings is 7. The Labute approximate surface area is 310 Å². The highest BCUT2D eigenvalue weighted by Crippen LogP contribution is 2.48. The van der Waals surface area contributed by atoms with Crippen molar-refractivity contribution in [2.45, 2.75) is 25.4 Å². The van der Waals surface area contributed by atoms with Gasteiger partial charge in [0.2, 0.25) is 0 Å². The first-order valence-corrected chi connectivity index (χ1v) is 16.8. The number of carbonyl (C=O) groups excluding carboxylic acids is 4. The number of nitriles is 2. The van der Waals surface area contributed by atoms with Gasteiger partial charge in [0, 0.05) is 43.4 Å². The molecule has 2 heterocycles. The van der Waals surface area contributed by atoms with Gasteiger partial charge in [-0.2, -0.15) is 36.9 Å². The lowest BCUT2D eigenvalue weighted by atomic mass is 9.79. The molecule has 7 aromatic carbocycles. The summed E-state index contributed by atoms with van der Waals surface area (Å²) in [5, 5.41) is 23.3. The molecule has 7 aromatic rings. The minimum absolute atomic E-state index is 0.00494. The number of hydrogen-bond donors (Lipinski definition) is 0. The van der Waals surface area contributed by atoms with E-state index >= 15 is 0 Å². The van der Waals surface area contributed by atoms with Crippen LogP contribution in [-0.2, 0) is 25.4 Å². The van der Waals surface area contributed by atoms with Crippen LogP contribution in [0.15, 0.2) is 84.9 Å². The third-order valence-electron chi connectivity index (χ3n) is 10.5. The summed E-state index contributed by atoms with van der Waals surface area (Å²) < 4.78 is 79.1. The minimum atomic E-state index is -4.59. The van der Waals surface area contributed by atoms with Gasteiger partial charge >= 0.3 is 12.4 Å². The Balaban J connectivity index is 1.22. The van der Waals surface area contributed by atoms with E-state index in [-0.39, 0.29) is 68.4 Å². The number of alkyl halides is 6. The Bertz CT molecular complexity index is 2840. The molecule has 9 rings (SSSR count). The van der Waals surface area contributed by atoms with Crippen LogP contribution in [0.1, 0.15) is 74.8 Å². The van der Waals surface area contributed by atoms with Crippen molar-refractivity contribution in [3.05, 3.63) is 141 Å². The first-order chi connectivity index (χ1) is 26.6. The summed E-state index contributed by atoms with van der Waals surface area (Å²) in [5.74, 6) is -3.04. The zero-order valence-corrected chi connectivity index (χ0v) is 28.2. The Hall–Kier alpha value is -7.32. The molecule has 0 unspecified atom stereocenters. The molecule has 0 bridgehead atoms. The molecule has 0 fully saturated rings. The van der Waals surface area contributed by atoms with Crippen LogP contribution in [0.2, 0.25) is 0 Å². The van der Waals surface area contributed by atoms with Crippen molar-refractivity contribution >= 4 is 66.7 Å². The highest BCUT2D eigenvalue weighted by Gasteiger charge is 2.39. The molecule has 4 amide bonds. The van der Waals surface area contributed by atoms with E-state index in [1.807, 2.05) is 0 Å². The Kier molecular flexibility index (Phi) is 7.13. The summed E-state index contributed by atoms with van der Waals surface area (Å²) in [6.45, 7) is -0.710.